The zero-order valence-corrected chi connectivity index (χ0v) is 12.6. The molecule has 0 bridgehead atoms. The van der Waals surface area contributed by atoms with E-state index in [0.29, 0.717) is 17.1 Å². The standard InChI is InChI=1S/C13H9BrN2O3S/c14-12-4-3-11(20-12)13(17)15-6-5-8-1-2-9(16(18)19)7-10(8)15/h1-4,7H,5-6H2. The van der Waals surface area contributed by atoms with Crippen molar-refractivity contribution in [2.75, 3.05) is 11.4 Å². The van der Waals surface area contributed by atoms with Gasteiger partial charge < -0.3 is 4.90 Å². The van der Waals surface area contributed by atoms with Gasteiger partial charge in [0.2, 0.25) is 0 Å². The summed E-state index contributed by atoms with van der Waals surface area (Å²) in [5.74, 6) is -0.111. The van der Waals surface area contributed by atoms with E-state index in [0.717, 1.165) is 15.8 Å². The van der Waals surface area contributed by atoms with Crippen LogP contribution in [0.5, 0.6) is 0 Å². The second-order valence-corrected chi connectivity index (χ2v) is 6.84. The molecule has 0 N–H and O–H groups in total. The number of benzene rings is 1. The van der Waals surface area contributed by atoms with E-state index in [2.05, 4.69) is 15.9 Å². The van der Waals surface area contributed by atoms with Gasteiger partial charge in [-0.3, -0.25) is 14.9 Å². The lowest BCUT2D eigenvalue weighted by molar-refractivity contribution is -0.384. The van der Waals surface area contributed by atoms with Crippen LogP contribution in [0.15, 0.2) is 34.1 Å². The zero-order valence-electron chi connectivity index (χ0n) is 10.2. The lowest BCUT2D eigenvalue weighted by Gasteiger charge is -2.16. The van der Waals surface area contributed by atoms with Crippen LogP contribution in [0, 0.1) is 10.1 Å². The molecule has 0 saturated carbocycles. The van der Waals surface area contributed by atoms with Crippen LogP contribution < -0.4 is 4.90 Å². The highest BCUT2D eigenvalue weighted by Gasteiger charge is 2.28. The Kier molecular flexibility index (Phi) is 3.31. The third-order valence-electron chi connectivity index (χ3n) is 3.20. The summed E-state index contributed by atoms with van der Waals surface area (Å²) in [6, 6.07) is 8.26. The maximum absolute atomic E-state index is 12.4. The molecule has 5 nitrogen and oxygen atoms in total. The van der Waals surface area contributed by atoms with Crippen LogP contribution in [0.25, 0.3) is 0 Å². The van der Waals surface area contributed by atoms with E-state index in [-0.39, 0.29) is 11.6 Å². The number of fused-ring (bicyclic) bond motifs is 1. The Morgan fingerprint density at radius 2 is 2.15 bits per heavy atom. The molecule has 0 fully saturated rings. The molecule has 0 spiro atoms. The van der Waals surface area contributed by atoms with Crippen LogP contribution in [0.1, 0.15) is 15.2 Å². The minimum atomic E-state index is -0.441. The number of halogens is 1. The Morgan fingerprint density at radius 1 is 1.35 bits per heavy atom. The summed E-state index contributed by atoms with van der Waals surface area (Å²) in [6.07, 6.45) is 0.728. The van der Waals surface area contributed by atoms with Gasteiger partial charge in [-0.05, 0) is 40.0 Å². The minimum absolute atomic E-state index is 0.0100. The van der Waals surface area contributed by atoms with E-state index in [1.54, 1.807) is 17.0 Å². The molecule has 1 aromatic heterocycles. The monoisotopic (exact) mass is 352 g/mol. The van der Waals surface area contributed by atoms with Gasteiger partial charge in [-0.2, -0.15) is 0 Å². The van der Waals surface area contributed by atoms with Gasteiger partial charge in [-0.1, -0.05) is 6.07 Å². The molecule has 1 aliphatic heterocycles. The van der Waals surface area contributed by atoms with E-state index in [9.17, 15) is 14.9 Å². The van der Waals surface area contributed by atoms with Crippen LogP contribution in [-0.4, -0.2) is 17.4 Å². The summed E-state index contributed by atoms with van der Waals surface area (Å²) < 4.78 is 0.888. The van der Waals surface area contributed by atoms with Crippen LogP contribution in [0.3, 0.4) is 0 Å². The number of nitro benzene ring substituents is 1. The van der Waals surface area contributed by atoms with Crippen LogP contribution in [0.2, 0.25) is 0 Å². The Labute approximate surface area is 127 Å². The summed E-state index contributed by atoms with van der Waals surface area (Å²) in [5, 5.41) is 10.8. The molecule has 0 radical (unpaired) electrons. The number of nitrogens with zero attached hydrogens (tertiary/aromatic N) is 2. The average Bonchev–Trinajstić information content (AvgIpc) is 3.03. The third kappa shape index (κ3) is 2.23. The molecule has 3 rings (SSSR count). The first kappa shape index (κ1) is 13.3. The molecule has 102 valence electrons. The van der Waals surface area contributed by atoms with Gasteiger partial charge in [0.25, 0.3) is 11.6 Å². The smallest absolute Gasteiger partial charge is 0.271 e. The predicted octanol–water partition coefficient (Wildman–Crippen LogP) is 3.62. The number of anilines is 1. The molecule has 1 amide bonds. The Bertz CT molecular complexity index is 713. The van der Waals surface area contributed by atoms with Gasteiger partial charge in [0.05, 0.1) is 19.3 Å². The fraction of sp³-hybridized carbons (Fsp3) is 0.154. The van der Waals surface area contributed by atoms with E-state index in [1.165, 1.54) is 23.5 Å². The van der Waals surface area contributed by atoms with Crippen molar-refractivity contribution in [1.82, 2.24) is 0 Å². The summed E-state index contributed by atoms with van der Waals surface area (Å²) >= 11 is 4.69. The van der Waals surface area contributed by atoms with Crippen LogP contribution in [-0.2, 0) is 6.42 Å². The minimum Gasteiger partial charge on any atom is -0.307 e. The zero-order chi connectivity index (χ0) is 14.3. The molecule has 0 saturated heterocycles. The van der Waals surface area contributed by atoms with E-state index >= 15 is 0 Å². The lowest BCUT2D eigenvalue weighted by atomic mass is 10.1. The van der Waals surface area contributed by atoms with E-state index < -0.39 is 4.92 Å². The van der Waals surface area contributed by atoms with Crippen molar-refractivity contribution in [2.45, 2.75) is 6.42 Å². The summed E-state index contributed by atoms with van der Waals surface area (Å²) in [4.78, 5) is 25.1. The lowest BCUT2D eigenvalue weighted by Crippen LogP contribution is -2.28. The Morgan fingerprint density at radius 3 is 2.80 bits per heavy atom. The number of carbonyl (C=O) groups is 1. The molecule has 0 unspecified atom stereocenters. The van der Waals surface area contributed by atoms with Gasteiger partial charge in [0.15, 0.2) is 0 Å². The first-order chi connectivity index (χ1) is 9.56. The first-order valence-corrected chi connectivity index (χ1v) is 7.52. The van der Waals surface area contributed by atoms with Crippen molar-refractivity contribution in [3.8, 4) is 0 Å². The van der Waals surface area contributed by atoms with Crippen LogP contribution in [0.4, 0.5) is 11.4 Å². The number of non-ortho nitro benzene ring substituents is 1. The normalized spacial score (nSPS) is 13.3. The number of hydrogen-bond donors (Lipinski definition) is 0. The Balaban J connectivity index is 1.97. The SMILES string of the molecule is O=C(c1ccc(Br)s1)N1CCc2ccc([N+](=O)[O-])cc21. The van der Waals surface area contributed by atoms with Gasteiger partial charge in [0.1, 0.15) is 0 Å². The van der Waals surface area contributed by atoms with Crippen molar-refractivity contribution >= 4 is 44.5 Å². The molecule has 2 aromatic rings. The van der Waals surface area contributed by atoms with Crippen molar-refractivity contribution < 1.29 is 9.72 Å². The fourth-order valence-corrected chi connectivity index (χ4v) is 3.59. The number of nitro groups is 1. The molecule has 0 atom stereocenters. The summed E-state index contributed by atoms with van der Waals surface area (Å²) in [5.41, 5.74) is 1.63. The highest BCUT2D eigenvalue weighted by molar-refractivity contribution is 9.11. The van der Waals surface area contributed by atoms with E-state index in [4.69, 9.17) is 0 Å². The van der Waals surface area contributed by atoms with Crippen LogP contribution >= 0.6 is 27.3 Å². The topological polar surface area (TPSA) is 63.5 Å². The largest absolute Gasteiger partial charge is 0.307 e. The molecule has 2 heterocycles. The van der Waals surface area contributed by atoms with Crippen molar-refractivity contribution in [2.24, 2.45) is 0 Å². The Hall–Kier alpha value is -1.73. The first-order valence-electron chi connectivity index (χ1n) is 5.91. The molecular formula is C13H9BrN2O3S. The highest BCUT2D eigenvalue weighted by Crippen LogP contribution is 2.34. The second kappa shape index (κ2) is 4.99. The molecule has 1 aliphatic rings. The third-order valence-corrected chi connectivity index (χ3v) is 4.82. The number of amides is 1. The summed E-state index contributed by atoms with van der Waals surface area (Å²) in [7, 11) is 0. The highest BCUT2D eigenvalue weighted by atomic mass is 79.9. The molecule has 20 heavy (non-hydrogen) atoms. The van der Waals surface area contributed by atoms with E-state index in [1.807, 2.05) is 6.07 Å². The predicted molar refractivity (Wildman–Crippen MR) is 80.5 cm³/mol. The van der Waals surface area contributed by atoms with Gasteiger partial charge in [0, 0.05) is 18.7 Å². The summed E-state index contributed by atoms with van der Waals surface area (Å²) in [6.45, 7) is 0.560. The fourth-order valence-electron chi connectivity index (χ4n) is 2.25. The second-order valence-electron chi connectivity index (χ2n) is 4.38. The molecule has 7 heteroatoms. The van der Waals surface area contributed by atoms with Gasteiger partial charge in [-0.25, -0.2) is 0 Å². The molecule has 0 aliphatic carbocycles. The maximum Gasteiger partial charge on any atom is 0.271 e. The van der Waals surface area contributed by atoms with Crippen molar-refractivity contribution in [1.29, 1.82) is 0 Å². The van der Waals surface area contributed by atoms with Gasteiger partial charge in [-0.15, -0.1) is 11.3 Å². The average molecular weight is 353 g/mol. The number of hydrogen-bond acceptors (Lipinski definition) is 4. The molecule has 1 aromatic carbocycles. The molecular weight excluding hydrogens is 344 g/mol. The number of carbonyl (C=O) groups excluding carboxylic acids is 1. The maximum atomic E-state index is 12.4. The number of rotatable bonds is 2. The number of thiophene rings is 1. The van der Waals surface area contributed by atoms with Crippen molar-refractivity contribution in [3.63, 3.8) is 0 Å². The van der Waals surface area contributed by atoms with Crippen molar-refractivity contribution in [3.05, 3.63) is 54.7 Å². The quantitative estimate of drug-likeness (QED) is 0.612. The van der Waals surface area contributed by atoms with Gasteiger partial charge >= 0.3 is 0 Å².